The van der Waals surface area contributed by atoms with E-state index in [1.165, 1.54) is 6.34 Å². The molecule has 70 valence electrons. The first-order chi connectivity index (χ1) is 6.86. The van der Waals surface area contributed by atoms with Gasteiger partial charge in [0.1, 0.15) is 0 Å². The number of hydrogen-bond acceptors (Lipinski definition) is 4. The molecule has 0 bridgehead atoms. The molecule has 1 aliphatic heterocycles. The molecule has 0 radical (unpaired) electrons. The van der Waals surface area contributed by atoms with E-state index in [0.29, 0.717) is 0 Å². The molecule has 2 heterocycles. The zero-order valence-electron chi connectivity index (χ0n) is 7.27. The summed E-state index contributed by atoms with van der Waals surface area (Å²) in [6.07, 6.45) is 3.98. The van der Waals surface area contributed by atoms with E-state index in [2.05, 4.69) is 10.3 Å². The molecule has 1 aliphatic rings. The molecule has 1 atom stereocenters. The SMILES string of the molecule is OC1N=CNc2ccc3cocc3c21. The Bertz CT molecular complexity index is 516. The third kappa shape index (κ3) is 0.885. The quantitative estimate of drug-likeness (QED) is 0.663. The summed E-state index contributed by atoms with van der Waals surface area (Å²) in [6.45, 7) is 0. The lowest BCUT2D eigenvalue weighted by molar-refractivity contribution is 0.190. The second-order valence-electron chi connectivity index (χ2n) is 3.20. The maximum atomic E-state index is 9.70. The van der Waals surface area contributed by atoms with E-state index in [0.717, 1.165) is 22.0 Å². The number of aliphatic imine (C=N–C) groups is 1. The second kappa shape index (κ2) is 2.59. The van der Waals surface area contributed by atoms with E-state index in [9.17, 15) is 5.11 Å². The van der Waals surface area contributed by atoms with Crippen LogP contribution in [0, 0.1) is 0 Å². The highest BCUT2D eigenvalue weighted by Crippen LogP contribution is 2.34. The molecule has 0 aliphatic carbocycles. The number of nitrogens with one attached hydrogen (secondary N) is 1. The molecule has 0 saturated carbocycles. The number of benzene rings is 1. The minimum Gasteiger partial charge on any atom is -0.471 e. The molecule has 2 N–H and O–H groups in total. The van der Waals surface area contributed by atoms with Gasteiger partial charge in [0.25, 0.3) is 0 Å². The first-order valence-electron chi connectivity index (χ1n) is 4.31. The minimum atomic E-state index is -0.799. The second-order valence-corrected chi connectivity index (χ2v) is 3.20. The van der Waals surface area contributed by atoms with Crippen molar-refractivity contribution in [1.29, 1.82) is 0 Å². The molecule has 4 heteroatoms. The van der Waals surface area contributed by atoms with Crippen LogP contribution in [0.15, 0.2) is 34.1 Å². The van der Waals surface area contributed by atoms with Gasteiger partial charge in [-0.2, -0.15) is 0 Å². The van der Waals surface area contributed by atoms with Gasteiger partial charge in [-0.25, -0.2) is 4.99 Å². The van der Waals surface area contributed by atoms with E-state index in [-0.39, 0.29) is 0 Å². The van der Waals surface area contributed by atoms with Gasteiger partial charge in [0.2, 0.25) is 0 Å². The van der Waals surface area contributed by atoms with Gasteiger partial charge in [-0.15, -0.1) is 0 Å². The summed E-state index contributed by atoms with van der Waals surface area (Å²) in [5.41, 5.74) is 1.65. The summed E-state index contributed by atoms with van der Waals surface area (Å²) in [6, 6.07) is 3.85. The monoisotopic (exact) mass is 188 g/mol. The highest BCUT2D eigenvalue weighted by Gasteiger charge is 2.18. The van der Waals surface area contributed by atoms with Crippen molar-refractivity contribution in [1.82, 2.24) is 0 Å². The summed E-state index contributed by atoms with van der Waals surface area (Å²) in [5.74, 6) is 0. The largest absolute Gasteiger partial charge is 0.471 e. The Hall–Kier alpha value is -1.81. The third-order valence-corrected chi connectivity index (χ3v) is 2.40. The lowest BCUT2D eigenvalue weighted by atomic mass is 10.0. The Morgan fingerprint density at radius 3 is 3.21 bits per heavy atom. The Labute approximate surface area is 79.9 Å². The molecule has 1 aromatic heterocycles. The molecule has 14 heavy (non-hydrogen) atoms. The van der Waals surface area contributed by atoms with Crippen LogP contribution in [0.3, 0.4) is 0 Å². The van der Waals surface area contributed by atoms with E-state index in [1.54, 1.807) is 12.5 Å². The van der Waals surface area contributed by atoms with E-state index >= 15 is 0 Å². The van der Waals surface area contributed by atoms with Crippen molar-refractivity contribution < 1.29 is 9.52 Å². The average molecular weight is 188 g/mol. The van der Waals surface area contributed by atoms with Crippen molar-refractivity contribution in [3.63, 3.8) is 0 Å². The van der Waals surface area contributed by atoms with Crippen LogP contribution in [0.2, 0.25) is 0 Å². The topological polar surface area (TPSA) is 57.8 Å². The molecule has 0 amide bonds. The van der Waals surface area contributed by atoms with Crippen LogP contribution >= 0.6 is 0 Å². The number of hydrogen-bond donors (Lipinski definition) is 2. The molecule has 0 spiro atoms. The molecule has 1 unspecified atom stereocenters. The Morgan fingerprint density at radius 1 is 1.36 bits per heavy atom. The molecular weight excluding hydrogens is 180 g/mol. The van der Waals surface area contributed by atoms with Gasteiger partial charge >= 0.3 is 0 Å². The number of furan rings is 1. The molecule has 1 aromatic carbocycles. The standard InChI is InChI=1S/C10H8N2O2/c13-10-9-7-4-14-3-6(7)1-2-8(9)11-5-12-10/h1-5,10,13H,(H,11,12). The zero-order valence-corrected chi connectivity index (χ0v) is 7.27. The van der Waals surface area contributed by atoms with E-state index in [1.807, 2.05) is 12.1 Å². The van der Waals surface area contributed by atoms with Gasteiger partial charge in [0.15, 0.2) is 6.23 Å². The first-order valence-corrected chi connectivity index (χ1v) is 4.31. The average Bonchev–Trinajstić information content (AvgIpc) is 2.65. The number of aliphatic hydroxyl groups excluding tert-OH is 1. The molecule has 4 nitrogen and oxygen atoms in total. The van der Waals surface area contributed by atoms with Gasteiger partial charge in [-0.05, 0) is 12.1 Å². The Kier molecular flexibility index (Phi) is 1.40. The predicted molar refractivity (Wildman–Crippen MR) is 53.3 cm³/mol. The van der Waals surface area contributed by atoms with E-state index in [4.69, 9.17) is 4.42 Å². The summed E-state index contributed by atoms with van der Waals surface area (Å²) in [4.78, 5) is 3.88. The minimum absolute atomic E-state index is 0.777. The molecule has 0 saturated heterocycles. The smallest absolute Gasteiger partial charge is 0.175 e. The summed E-state index contributed by atoms with van der Waals surface area (Å²) >= 11 is 0. The Balaban J connectivity index is 2.38. The third-order valence-electron chi connectivity index (χ3n) is 2.40. The summed E-state index contributed by atoms with van der Waals surface area (Å²) in [5, 5.41) is 14.6. The molecule has 3 rings (SSSR count). The number of anilines is 1. The zero-order chi connectivity index (χ0) is 9.54. The van der Waals surface area contributed by atoms with Crippen molar-refractivity contribution >= 4 is 22.8 Å². The van der Waals surface area contributed by atoms with E-state index < -0.39 is 6.23 Å². The van der Waals surface area contributed by atoms with Crippen LogP contribution in [0.5, 0.6) is 0 Å². The van der Waals surface area contributed by atoms with Crippen molar-refractivity contribution in [2.75, 3.05) is 5.32 Å². The maximum Gasteiger partial charge on any atom is 0.175 e. The maximum absolute atomic E-state index is 9.70. The molecule has 2 aromatic rings. The summed E-state index contributed by atoms with van der Waals surface area (Å²) < 4.78 is 5.09. The lowest BCUT2D eigenvalue weighted by Crippen LogP contribution is -2.09. The fourth-order valence-corrected chi connectivity index (χ4v) is 1.72. The Morgan fingerprint density at radius 2 is 2.29 bits per heavy atom. The highest BCUT2D eigenvalue weighted by molar-refractivity contribution is 5.94. The van der Waals surface area contributed by atoms with Crippen LogP contribution in [0.4, 0.5) is 5.69 Å². The van der Waals surface area contributed by atoms with Crippen molar-refractivity contribution in [3.8, 4) is 0 Å². The number of fused-ring (bicyclic) bond motifs is 3. The number of rotatable bonds is 0. The summed E-state index contributed by atoms with van der Waals surface area (Å²) in [7, 11) is 0. The number of nitrogens with zero attached hydrogens (tertiary/aromatic N) is 1. The van der Waals surface area contributed by atoms with Crippen molar-refractivity contribution in [3.05, 3.63) is 30.2 Å². The van der Waals surface area contributed by atoms with Crippen LogP contribution < -0.4 is 5.32 Å². The normalized spacial score (nSPS) is 19.4. The van der Waals surface area contributed by atoms with Gasteiger partial charge in [-0.3, -0.25) is 0 Å². The fourth-order valence-electron chi connectivity index (χ4n) is 1.72. The van der Waals surface area contributed by atoms with Crippen LogP contribution in [0.1, 0.15) is 11.8 Å². The van der Waals surface area contributed by atoms with Crippen LogP contribution in [-0.2, 0) is 0 Å². The lowest BCUT2D eigenvalue weighted by Gasteiger charge is -2.17. The van der Waals surface area contributed by atoms with Gasteiger partial charge < -0.3 is 14.8 Å². The molecular formula is C10H8N2O2. The van der Waals surface area contributed by atoms with Gasteiger partial charge in [0.05, 0.1) is 18.9 Å². The molecule has 0 fully saturated rings. The number of aliphatic hydroxyl groups is 1. The highest BCUT2D eigenvalue weighted by atomic mass is 16.3. The van der Waals surface area contributed by atoms with Crippen LogP contribution in [-0.4, -0.2) is 11.4 Å². The van der Waals surface area contributed by atoms with Gasteiger partial charge in [-0.1, -0.05) is 0 Å². The predicted octanol–water partition coefficient (Wildman–Crippen LogP) is 1.88. The van der Waals surface area contributed by atoms with Gasteiger partial charge in [0, 0.05) is 22.0 Å². The van der Waals surface area contributed by atoms with Crippen molar-refractivity contribution in [2.45, 2.75) is 6.23 Å². The van der Waals surface area contributed by atoms with Crippen molar-refractivity contribution in [2.24, 2.45) is 4.99 Å². The fraction of sp³-hybridized carbons (Fsp3) is 0.100. The first kappa shape index (κ1) is 7.58. The van der Waals surface area contributed by atoms with Crippen LogP contribution in [0.25, 0.3) is 10.8 Å².